The molecule has 24 heavy (non-hydrogen) atoms. The van der Waals surface area contributed by atoms with Crippen LogP contribution in [0.25, 0.3) is 0 Å². The summed E-state index contributed by atoms with van der Waals surface area (Å²) in [5.74, 6) is -0.123. The molecule has 6 heteroatoms. The van der Waals surface area contributed by atoms with Gasteiger partial charge >= 0.3 is 0 Å². The molecule has 0 saturated heterocycles. The van der Waals surface area contributed by atoms with Crippen LogP contribution < -0.4 is 5.32 Å². The van der Waals surface area contributed by atoms with E-state index in [4.69, 9.17) is 16.1 Å². The van der Waals surface area contributed by atoms with Crippen LogP contribution in [0.3, 0.4) is 0 Å². The Morgan fingerprint density at radius 2 is 1.75 bits per heavy atom. The van der Waals surface area contributed by atoms with E-state index in [2.05, 4.69) is 10.5 Å². The van der Waals surface area contributed by atoms with Gasteiger partial charge in [0, 0.05) is 28.5 Å². The van der Waals surface area contributed by atoms with E-state index in [1.165, 1.54) is 6.20 Å². The number of nitrogens with zero attached hydrogens (tertiary/aromatic N) is 1. The van der Waals surface area contributed by atoms with Crippen molar-refractivity contribution in [3.63, 3.8) is 0 Å². The van der Waals surface area contributed by atoms with E-state index in [0.29, 0.717) is 21.9 Å². The Balaban J connectivity index is 2.06. The van der Waals surface area contributed by atoms with Crippen molar-refractivity contribution in [2.24, 2.45) is 5.92 Å². The maximum absolute atomic E-state index is 12.5. The highest BCUT2D eigenvalue weighted by Crippen LogP contribution is 2.20. The first kappa shape index (κ1) is 18.2. The number of amides is 1. The molecule has 1 amide bonds. The molecule has 1 aromatic heterocycles. The van der Waals surface area contributed by atoms with E-state index in [1.807, 2.05) is 13.8 Å². The van der Waals surface area contributed by atoms with Crippen LogP contribution in [0.5, 0.6) is 0 Å². The topological polar surface area (TPSA) is 72.2 Å². The van der Waals surface area contributed by atoms with Gasteiger partial charge in [-0.3, -0.25) is 9.59 Å². The average molecular weight is 349 g/mol. The number of benzene rings is 1. The Hall–Kier alpha value is -2.14. The third-order valence-corrected chi connectivity index (χ3v) is 4.27. The van der Waals surface area contributed by atoms with Gasteiger partial charge in [-0.1, -0.05) is 37.5 Å². The van der Waals surface area contributed by atoms with Crippen LogP contribution in [-0.2, 0) is 0 Å². The number of hydrogen-bond acceptors (Lipinski definition) is 4. The van der Waals surface area contributed by atoms with Gasteiger partial charge in [0.25, 0.3) is 5.91 Å². The average Bonchev–Trinajstić information content (AvgIpc) is 3.04. The summed E-state index contributed by atoms with van der Waals surface area (Å²) in [6.07, 6.45) is 1.41. The van der Waals surface area contributed by atoms with E-state index in [9.17, 15) is 9.59 Å². The Morgan fingerprint density at radius 3 is 2.33 bits per heavy atom. The summed E-state index contributed by atoms with van der Waals surface area (Å²) in [7, 11) is 0. The Morgan fingerprint density at radius 1 is 1.12 bits per heavy atom. The summed E-state index contributed by atoms with van der Waals surface area (Å²) < 4.78 is 5.13. The molecule has 0 spiro atoms. The zero-order chi connectivity index (χ0) is 17.9. The standard InChI is InChI=1S/C18H21ClN2O3/c1-10(2)17-15(9-20-24-17)18(23)21-12(4)11(3)16(22)13-5-7-14(19)8-6-13/h5-12H,1-4H3,(H,21,23). The fourth-order valence-electron chi connectivity index (χ4n) is 2.35. The number of carbonyl (C=O) groups excluding carboxylic acids is 2. The lowest BCUT2D eigenvalue weighted by atomic mass is 9.93. The van der Waals surface area contributed by atoms with Crippen LogP contribution in [-0.4, -0.2) is 22.9 Å². The molecule has 2 unspecified atom stereocenters. The first-order valence-corrected chi connectivity index (χ1v) is 8.24. The molecule has 128 valence electrons. The molecule has 0 aliphatic rings. The van der Waals surface area contributed by atoms with E-state index < -0.39 is 0 Å². The Kier molecular flexibility index (Phi) is 5.78. The van der Waals surface area contributed by atoms with Crippen molar-refractivity contribution in [3.8, 4) is 0 Å². The molecule has 5 nitrogen and oxygen atoms in total. The summed E-state index contributed by atoms with van der Waals surface area (Å²) in [5.41, 5.74) is 0.976. The van der Waals surface area contributed by atoms with E-state index >= 15 is 0 Å². The molecule has 1 aromatic carbocycles. The van der Waals surface area contributed by atoms with Crippen LogP contribution in [0.15, 0.2) is 35.0 Å². The second-order valence-corrected chi connectivity index (χ2v) is 6.62. The van der Waals surface area contributed by atoms with Crippen molar-refractivity contribution in [1.29, 1.82) is 0 Å². The van der Waals surface area contributed by atoms with E-state index in [0.717, 1.165) is 0 Å². The fourth-order valence-corrected chi connectivity index (χ4v) is 2.48. The molecule has 1 N–H and O–H groups in total. The number of rotatable bonds is 6. The summed E-state index contributed by atoms with van der Waals surface area (Å²) in [6.45, 7) is 7.44. The van der Waals surface area contributed by atoms with E-state index in [1.54, 1.807) is 38.1 Å². The Bertz CT molecular complexity index is 722. The number of hydrogen-bond donors (Lipinski definition) is 1. The minimum absolute atomic E-state index is 0.0473. The predicted molar refractivity (Wildman–Crippen MR) is 92.5 cm³/mol. The SMILES string of the molecule is CC(C)c1oncc1C(=O)NC(C)C(C)C(=O)c1ccc(Cl)cc1. The minimum atomic E-state index is -0.377. The molecular formula is C18H21ClN2O3. The number of nitrogens with one attached hydrogen (secondary N) is 1. The molecule has 0 bridgehead atoms. The van der Waals surface area contributed by atoms with Gasteiger partial charge in [-0.05, 0) is 31.2 Å². The lowest BCUT2D eigenvalue weighted by Gasteiger charge is -2.20. The van der Waals surface area contributed by atoms with Crippen molar-refractivity contribution in [2.45, 2.75) is 39.7 Å². The van der Waals surface area contributed by atoms with Gasteiger partial charge < -0.3 is 9.84 Å². The molecule has 0 aliphatic heterocycles. The van der Waals surface area contributed by atoms with Crippen LogP contribution in [0, 0.1) is 5.92 Å². The molecular weight excluding hydrogens is 328 g/mol. The summed E-state index contributed by atoms with van der Waals surface area (Å²) in [4.78, 5) is 24.9. The lowest BCUT2D eigenvalue weighted by Crippen LogP contribution is -2.40. The molecule has 0 saturated carbocycles. The molecule has 2 aromatic rings. The maximum atomic E-state index is 12.5. The maximum Gasteiger partial charge on any atom is 0.256 e. The molecule has 0 fully saturated rings. The molecule has 2 atom stereocenters. The first-order chi connectivity index (χ1) is 11.3. The highest BCUT2D eigenvalue weighted by atomic mass is 35.5. The number of aromatic nitrogens is 1. The van der Waals surface area contributed by atoms with Gasteiger partial charge in [0.2, 0.25) is 0 Å². The molecule has 1 heterocycles. The van der Waals surface area contributed by atoms with Gasteiger partial charge in [0.15, 0.2) is 11.5 Å². The van der Waals surface area contributed by atoms with Crippen molar-refractivity contribution in [2.75, 3.05) is 0 Å². The Labute approximate surface area is 146 Å². The zero-order valence-corrected chi connectivity index (χ0v) is 14.9. The quantitative estimate of drug-likeness (QED) is 0.798. The van der Waals surface area contributed by atoms with Gasteiger partial charge in [-0.2, -0.15) is 0 Å². The number of Topliss-reactive ketones (excluding diaryl/α,β-unsaturated/α-hetero) is 1. The third kappa shape index (κ3) is 4.03. The highest BCUT2D eigenvalue weighted by molar-refractivity contribution is 6.30. The third-order valence-electron chi connectivity index (χ3n) is 4.02. The number of carbonyl (C=O) groups is 2. The zero-order valence-electron chi connectivity index (χ0n) is 14.2. The van der Waals surface area contributed by atoms with Crippen LogP contribution >= 0.6 is 11.6 Å². The highest BCUT2D eigenvalue weighted by Gasteiger charge is 2.25. The summed E-state index contributed by atoms with van der Waals surface area (Å²) in [5, 5.41) is 7.12. The van der Waals surface area contributed by atoms with Crippen molar-refractivity contribution < 1.29 is 14.1 Å². The van der Waals surface area contributed by atoms with Gasteiger partial charge in [-0.15, -0.1) is 0 Å². The smallest absolute Gasteiger partial charge is 0.256 e. The van der Waals surface area contributed by atoms with Gasteiger partial charge in [0.05, 0.1) is 6.20 Å². The van der Waals surface area contributed by atoms with Gasteiger partial charge in [0.1, 0.15) is 5.56 Å². The van der Waals surface area contributed by atoms with Gasteiger partial charge in [-0.25, -0.2) is 0 Å². The summed E-state index contributed by atoms with van der Waals surface area (Å²) >= 11 is 5.84. The molecule has 2 rings (SSSR count). The molecule has 0 aliphatic carbocycles. The van der Waals surface area contributed by atoms with Crippen LogP contribution in [0.4, 0.5) is 0 Å². The van der Waals surface area contributed by atoms with Crippen molar-refractivity contribution >= 4 is 23.3 Å². The number of halogens is 1. The van der Waals surface area contributed by atoms with Crippen molar-refractivity contribution in [3.05, 3.63) is 52.4 Å². The normalized spacial score (nSPS) is 13.6. The second kappa shape index (κ2) is 7.62. The summed E-state index contributed by atoms with van der Waals surface area (Å²) in [6, 6.07) is 6.39. The minimum Gasteiger partial charge on any atom is -0.360 e. The van der Waals surface area contributed by atoms with Crippen LogP contribution in [0.1, 0.15) is 60.1 Å². The predicted octanol–water partition coefficient (Wildman–Crippen LogP) is 4.09. The number of ketones is 1. The fraction of sp³-hybridized carbons (Fsp3) is 0.389. The van der Waals surface area contributed by atoms with Crippen LogP contribution in [0.2, 0.25) is 5.02 Å². The second-order valence-electron chi connectivity index (χ2n) is 6.18. The largest absolute Gasteiger partial charge is 0.360 e. The molecule has 0 radical (unpaired) electrons. The monoisotopic (exact) mass is 348 g/mol. The lowest BCUT2D eigenvalue weighted by molar-refractivity contribution is 0.0867. The first-order valence-electron chi connectivity index (χ1n) is 7.86. The van der Waals surface area contributed by atoms with E-state index in [-0.39, 0.29) is 29.6 Å². The van der Waals surface area contributed by atoms with Crippen molar-refractivity contribution in [1.82, 2.24) is 10.5 Å².